The maximum Gasteiger partial charge on any atom is 0.161 e. The Morgan fingerprint density at radius 1 is 0.391 bits per heavy atom. The van der Waals surface area contributed by atoms with E-state index in [4.69, 9.17) is 9.97 Å². The highest BCUT2D eigenvalue weighted by atomic mass is 32.1. The number of nitrogens with zero attached hydrogens (tertiary/aromatic N) is 3. The highest BCUT2D eigenvalue weighted by Crippen LogP contribution is 2.55. The maximum atomic E-state index is 5.25. The molecule has 0 unspecified atom stereocenters. The van der Waals surface area contributed by atoms with Crippen LogP contribution in [-0.2, 0) is 5.41 Å². The van der Waals surface area contributed by atoms with Crippen LogP contribution in [0.15, 0.2) is 224 Å². The Morgan fingerprint density at radius 2 is 1.01 bits per heavy atom. The van der Waals surface area contributed by atoms with Gasteiger partial charge >= 0.3 is 0 Å². The molecule has 0 N–H and O–H groups in total. The molecule has 3 nitrogen and oxygen atoms in total. The summed E-state index contributed by atoms with van der Waals surface area (Å²) in [6.45, 7) is 4.72. The molecule has 0 atom stereocenters. The Balaban J connectivity index is 0.916. The third-order valence-corrected chi connectivity index (χ3v) is 15.7. The lowest BCUT2D eigenvalue weighted by atomic mass is 9.82. The first-order chi connectivity index (χ1) is 34.0. The zero-order valence-electron chi connectivity index (χ0n) is 38.1. The minimum Gasteiger partial charge on any atom is -0.310 e. The summed E-state index contributed by atoms with van der Waals surface area (Å²) >= 11 is 1.73. The molecule has 0 fully saturated rings. The molecule has 10 aromatic carbocycles. The fourth-order valence-electron chi connectivity index (χ4n) is 11.4. The summed E-state index contributed by atoms with van der Waals surface area (Å²) in [5.41, 5.74) is 21.5. The summed E-state index contributed by atoms with van der Waals surface area (Å²) in [5, 5.41) is 4.88. The van der Waals surface area contributed by atoms with E-state index in [1.54, 1.807) is 11.3 Å². The van der Waals surface area contributed by atoms with Crippen LogP contribution >= 0.6 is 11.3 Å². The van der Waals surface area contributed by atoms with Gasteiger partial charge in [0, 0.05) is 49.0 Å². The van der Waals surface area contributed by atoms with Crippen molar-refractivity contribution in [3.63, 3.8) is 0 Å². The normalized spacial score (nSPS) is 12.9. The number of benzene rings is 10. The molecule has 4 heteroatoms. The largest absolute Gasteiger partial charge is 0.310 e. The number of hydrogen-bond donors (Lipinski definition) is 0. The molecule has 0 amide bonds. The fourth-order valence-corrected chi connectivity index (χ4v) is 12.5. The first-order valence-electron chi connectivity index (χ1n) is 23.7. The van der Waals surface area contributed by atoms with Crippen LogP contribution in [-0.4, -0.2) is 9.97 Å². The number of thiophene rings is 1. The van der Waals surface area contributed by atoms with Gasteiger partial charge in [-0.25, -0.2) is 9.97 Å². The molecular weight excluding hydrogens is 855 g/mol. The van der Waals surface area contributed by atoms with Gasteiger partial charge in [-0.3, -0.25) is 0 Å². The van der Waals surface area contributed by atoms with Crippen LogP contribution in [0.4, 0.5) is 17.1 Å². The monoisotopic (exact) mass is 897 g/mol. The summed E-state index contributed by atoms with van der Waals surface area (Å²) in [6.07, 6.45) is 0. The fraction of sp³-hybridized carbons (Fsp3) is 0.0462. The molecule has 0 aliphatic heterocycles. The van der Waals surface area contributed by atoms with Gasteiger partial charge in [-0.2, -0.15) is 0 Å². The van der Waals surface area contributed by atoms with Crippen molar-refractivity contribution in [2.24, 2.45) is 0 Å². The number of anilines is 3. The average Bonchev–Trinajstić information content (AvgIpc) is 4.03. The lowest BCUT2D eigenvalue weighted by Gasteiger charge is -2.29. The van der Waals surface area contributed by atoms with Gasteiger partial charge in [0.15, 0.2) is 5.82 Å². The second-order valence-corrected chi connectivity index (χ2v) is 19.9. The second kappa shape index (κ2) is 15.3. The lowest BCUT2D eigenvalue weighted by Crippen LogP contribution is -2.16. The average molecular weight is 898 g/mol. The predicted octanol–water partition coefficient (Wildman–Crippen LogP) is 18.1. The summed E-state index contributed by atoms with van der Waals surface area (Å²) < 4.78 is 1.19. The van der Waals surface area contributed by atoms with E-state index < -0.39 is 0 Å². The molecule has 0 saturated heterocycles. The lowest BCUT2D eigenvalue weighted by molar-refractivity contribution is 0.660. The molecule has 2 heterocycles. The summed E-state index contributed by atoms with van der Waals surface area (Å²) in [4.78, 5) is 13.9. The smallest absolute Gasteiger partial charge is 0.161 e. The number of fused-ring (bicyclic) bond motifs is 9. The van der Waals surface area contributed by atoms with Gasteiger partial charge in [-0.05, 0) is 114 Å². The van der Waals surface area contributed by atoms with Gasteiger partial charge in [0.1, 0.15) is 4.83 Å². The molecule has 12 aromatic rings. The molecule has 0 radical (unpaired) electrons. The Morgan fingerprint density at radius 3 is 1.81 bits per heavy atom. The third-order valence-electron chi connectivity index (χ3n) is 14.7. The molecular formula is C65H43N3S. The van der Waals surface area contributed by atoms with E-state index in [0.717, 1.165) is 55.4 Å². The Bertz CT molecular complexity index is 4010. The van der Waals surface area contributed by atoms with Crippen LogP contribution in [0, 0.1) is 0 Å². The molecule has 2 aliphatic rings. The van der Waals surface area contributed by atoms with Gasteiger partial charge in [-0.1, -0.05) is 196 Å². The minimum absolute atomic E-state index is 0.138. The van der Waals surface area contributed by atoms with E-state index >= 15 is 0 Å². The molecule has 0 saturated carbocycles. The zero-order chi connectivity index (χ0) is 45.8. The Labute approximate surface area is 405 Å². The van der Waals surface area contributed by atoms with E-state index in [0.29, 0.717) is 0 Å². The number of rotatable bonds is 7. The van der Waals surface area contributed by atoms with Crippen molar-refractivity contribution in [2.75, 3.05) is 4.90 Å². The van der Waals surface area contributed by atoms with Gasteiger partial charge in [-0.15, -0.1) is 11.3 Å². The van der Waals surface area contributed by atoms with Crippen molar-refractivity contribution < 1.29 is 0 Å². The predicted molar refractivity (Wildman–Crippen MR) is 291 cm³/mol. The van der Waals surface area contributed by atoms with Crippen LogP contribution in [0.1, 0.15) is 25.0 Å². The minimum atomic E-state index is -0.138. The number of hydrogen-bond acceptors (Lipinski definition) is 4. The SMILES string of the molecule is CC1(C)c2ccccc2-c2c(N(c3ccc(-c4ccc5sc6nc(-c7ccccc7)nc(-c7ccccc7)c6c5c4)cc3)c3cccc(-c4ccc5c6c(cccc46)-c4ccccc4-5)c3)cccc21. The van der Waals surface area contributed by atoms with Gasteiger partial charge in [0.2, 0.25) is 0 Å². The molecule has 324 valence electrons. The standard InChI is InChI=1S/C65H43N3S/c1-65(2)55-27-12-11-24-53(55)60-56(65)28-15-29-57(60)68(46-21-13-20-44(38-46)47-35-36-52-49-23-10-9-22-48(49)51-26-14-25-50(47)59(51)52)45-33-30-40(31-34-45)43-32-37-58-54(39-43)61-62(41-16-5-3-6-17-41)66-63(67-64(61)69-58)42-18-7-4-8-19-42/h3-39H,1-2H3. The Kier molecular flexibility index (Phi) is 8.80. The van der Waals surface area contributed by atoms with Crippen LogP contribution in [0.2, 0.25) is 0 Å². The van der Waals surface area contributed by atoms with E-state index in [1.165, 1.54) is 82.2 Å². The molecule has 2 aromatic heterocycles. The van der Waals surface area contributed by atoms with Crippen LogP contribution in [0.3, 0.4) is 0 Å². The zero-order valence-corrected chi connectivity index (χ0v) is 38.9. The van der Waals surface area contributed by atoms with Crippen LogP contribution in [0.5, 0.6) is 0 Å². The van der Waals surface area contributed by atoms with Crippen molar-refractivity contribution in [3.05, 3.63) is 236 Å². The van der Waals surface area contributed by atoms with E-state index in [2.05, 4.69) is 225 Å². The quantitative estimate of drug-likeness (QED) is 0.160. The molecule has 69 heavy (non-hydrogen) atoms. The first kappa shape index (κ1) is 39.7. The molecule has 2 aliphatic carbocycles. The van der Waals surface area contributed by atoms with Crippen molar-refractivity contribution in [1.82, 2.24) is 9.97 Å². The van der Waals surface area contributed by atoms with Crippen molar-refractivity contribution in [2.45, 2.75) is 19.3 Å². The Hall–Kier alpha value is -8.44. The first-order valence-corrected chi connectivity index (χ1v) is 24.5. The van der Waals surface area contributed by atoms with E-state index in [9.17, 15) is 0 Å². The highest BCUT2D eigenvalue weighted by molar-refractivity contribution is 7.25. The highest BCUT2D eigenvalue weighted by Gasteiger charge is 2.38. The van der Waals surface area contributed by atoms with Crippen molar-refractivity contribution >= 4 is 59.5 Å². The third kappa shape index (κ3) is 6.12. The molecule has 0 spiro atoms. The number of aromatic nitrogens is 2. The van der Waals surface area contributed by atoms with E-state index in [-0.39, 0.29) is 5.41 Å². The van der Waals surface area contributed by atoms with Crippen LogP contribution < -0.4 is 4.90 Å². The molecule has 0 bridgehead atoms. The second-order valence-electron chi connectivity index (χ2n) is 18.9. The summed E-state index contributed by atoms with van der Waals surface area (Å²) in [6, 6.07) is 82.1. The molecule has 14 rings (SSSR count). The maximum absolute atomic E-state index is 5.25. The van der Waals surface area contributed by atoms with Crippen molar-refractivity contribution in [3.8, 4) is 78.3 Å². The summed E-state index contributed by atoms with van der Waals surface area (Å²) in [5.74, 6) is 0.742. The van der Waals surface area contributed by atoms with Gasteiger partial charge in [0.25, 0.3) is 0 Å². The van der Waals surface area contributed by atoms with Gasteiger partial charge < -0.3 is 4.90 Å². The van der Waals surface area contributed by atoms with Crippen molar-refractivity contribution in [1.29, 1.82) is 0 Å². The van der Waals surface area contributed by atoms with E-state index in [1.807, 2.05) is 18.2 Å². The van der Waals surface area contributed by atoms with Gasteiger partial charge in [0.05, 0.1) is 11.4 Å². The van der Waals surface area contributed by atoms with Crippen LogP contribution in [0.25, 0.3) is 109 Å². The topological polar surface area (TPSA) is 29.0 Å². The summed E-state index contributed by atoms with van der Waals surface area (Å²) in [7, 11) is 0.